The number of thiazole rings is 1. The lowest BCUT2D eigenvalue weighted by atomic mass is 9.62. The number of hydrogen-bond acceptors (Lipinski definition) is 4. The molecule has 0 saturated carbocycles. The van der Waals surface area contributed by atoms with E-state index in [4.69, 9.17) is 0 Å². The summed E-state index contributed by atoms with van der Waals surface area (Å²) in [5.74, 6) is 0.162. The predicted molar refractivity (Wildman–Crippen MR) is 123 cm³/mol. The molecule has 0 radical (unpaired) electrons. The van der Waals surface area contributed by atoms with E-state index < -0.39 is 0 Å². The number of aromatic nitrogens is 1. The van der Waals surface area contributed by atoms with Crippen LogP contribution in [0.3, 0.4) is 0 Å². The van der Waals surface area contributed by atoms with Crippen molar-refractivity contribution in [1.29, 1.82) is 0 Å². The van der Waals surface area contributed by atoms with Gasteiger partial charge in [-0.05, 0) is 76.6 Å². The molecule has 0 aliphatic heterocycles. The minimum Gasteiger partial charge on any atom is -0.507 e. The normalized spacial score (nSPS) is 17.0. The molecule has 0 saturated heterocycles. The fourth-order valence-electron chi connectivity index (χ4n) is 4.58. The summed E-state index contributed by atoms with van der Waals surface area (Å²) in [4.78, 5) is 14.2. The number of fused-ring (bicyclic) bond motifs is 1. The van der Waals surface area contributed by atoms with Crippen molar-refractivity contribution in [3.63, 3.8) is 0 Å². The van der Waals surface area contributed by atoms with Crippen LogP contribution in [0.15, 0.2) is 35.1 Å². The molecule has 3 N–H and O–H groups in total. The Morgan fingerprint density at radius 2 is 1.60 bits per heavy atom. The van der Waals surface area contributed by atoms with E-state index in [0.29, 0.717) is 11.3 Å². The van der Waals surface area contributed by atoms with Crippen molar-refractivity contribution in [2.45, 2.75) is 64.7 Å². The van der Waals surface area contributed by atoms with E-state index in [1.807, 2.05) is 12.1 Å². The van der Waals surface area contributed by atoms with Gasteiger partial charge >= 0.3 is 4.87 Å². The summed E-state index contributed by atoms with van der Waals surface area (Å²) >= 11 is 1.01. The number of hydrogen-bond donors (Lipinski definition) is 3. The highest BCUT2D eigenvalue weighted by Crippen LogP contribution is 2.48. The second-order valence-corrected chi connectivity index (χ2v) is 10.9. The second kappa shape index (κ2) is 7.02. The molecule has 1 aliphatic rings. The number of phenols is 1. The molecule has 2 aromatic carbocycles. The maximum absolute atomic E-state index is 11.5. The number of aromatic hydroxyl groups is 2. The molecular weight excluding hydrogens is 394 g/mol. The smallest absolute Gasteiger partial charge is 0.307 e. The summed E-state index contributed by atoms with van der Waals surface area (Å²) in [5, 5.41) is 20.6. The third-order valence-corrected chi connectivity index (χ3v) is 7.49. The van der Waals surface area contributed by atoms with Gasteiger partial charge in [0.2, 0.25) is 5.88 Å². The predicted octanol–water partition coefficient (Wildman–Crippen LogP) is 5.76. The van der Waals surface area contributed by atoms with E-state index in [1.165, 1.54) is 11.1 Å². The lowest BCUT2D eigenvalue weighted by molar-refractivity contribution is 0.332. The summed E-state index contributed by atoms with van der Waals surface area (Å²) in [6.07, 6.45) is 2.73. The minimum atomic E-state index is -0.267. The first-order valence-electron chi connectivity index (χ1n) is 10.4. The van der Waals surface area contributed by atoms with Gasteiger partial charge in [0, 0.05) is 12.0 Å². The van der Waals surface area contributed by atoms with E-state index in [-0.39, 0.29) is 27.3 Å². The molecule has 4 nitrogen and oxygen atoms in total. The zero-order chi connectivity index (χ0) is 21.8. The Kier molecular flexibility index (Phi) is 4.85. The van der Waals surface area contributed by atoms with Crippen LogP contribution in [0, 0.1) is 6.92 Å². The van der Waals surface area contributed by atoms with Gasteiger partial charge in [-0.25, -0.2) is 0 Å². The van der Waals surface area contributed by atoms with Crippen molar-refractivity contribution in [3.8, 4) is 22.8 Å². The van der Waals surface area contributed by atoms with Gasteiger partial charge < -0.3 is 10.2 Å². The molecule has 0 amide bonds. The van der Waals surface area contributed by atoms with Gasteiger partial charge in [0.25, 0.3) is 0 Å². The Morgan fingerprint density at radius 3 is 2.20 bits per heavy atom. The van der Waals surface area contributed by atoms with Gasteiger partial charge in [0.05, 0.1) is 4.88 Å². The number of aromatic amines is 1. The molecule has 30 heavy (non-hydrogen) atoms. The van der Waals surface area contributed by atoms with Gasteiger partial charge in [0.1, 0.15) is 5.75 Å². The lowest BCUT2D eigenvalue weighted by Gasteiger charge is -2.42. The van der Waals surface area contributed by atoms with Gasteiger partial charge in [-0.2, -0.15) is 0 Å². The van der Waals surface area contributed by atoms with Crippen molar-refractivity contribution < 1.29 is 10.2 Å². The van der Waals surface area contributed by atoms with Gasteiger partial charge in [-0.3, -0.25) is 9.78 Å². The van der Waals surface area contributed by atoms with Crippen LogP contribution in [-0.2, 0) is 17.3 Å². The topological polar surface area (TPSA) is 73.3 Å². The molecule has 5 heteroatoms. The molecule has 1 heterocycles. The molecule has 4 rings (SSSR count). The van der Waals surface area contributed by atoms with E-state index in [0.717, 1.165) is 46.4 Å². The summed E-state index contributed by atoms with van der Waals surface area (Å²) < 4.78 is 0. The Bertz CT molecular complexity index is 1180. The first-order valence-corrected chi connectivity index (χ1v) is 11.2. The summed E-state index contributed by atoms with van der Waals surface area (Å²) in [6, 6.07) is 10.1. The largest absolute Gasteiger partial charge is 0.507 e. The van der Waals surface area contributed by atoms with Gasteiger partial charge in [-0.15, -0.1) is 0 Å². The molecule has 0 spiro atoms. The number of benzene rings is 2. The Balaban J connectivity index is 1.83. The fraction of sp³-hybridized carbons (Fsp3) is 0.400. The zero-order valence-corrected chi connectivity index (χ0v) is 19.0. The highest BCUT2D eigenvalue weighted by molar-refractivity contribution is 7.09. The first-order chi connectivity index (χ1) is 14.0. The molecule has 0 fully saturated rings. The number of aryl methyl sites for hydroxylation is 1. The molecule has 158 valence electrons. The van der Waals surface area contributed by atoms with Crippen molar-refractivity contribution in [2.75, 3.05) is 0 Å². The van der Waals surface area contributed by atoms with Crippen LogP contribution in [0.4, 0.5) is 0 Å². The molecule has 0 atom stereocenters. The van der Waals surface area contributed by atoms with E-state index in [9.17, 15) is 15.0 Å². The van der Waals surface area contributed by atoms with Crippen molar-refractivity contribution in [2.24, 2.45) is 0 Å². The quantitative estimate of drug-likeness (QED) is 0.501. The zero-order valence-electron chi connectivity index (χ0n) is 18.2. The molecule has 0 bridgehead atoms. The number of H-pyrrole nitrogens is 1. The maximum atomic E-state index is 11.5. The molecular formula is C25H29NO3S. The van der Waals surface area contributed by atoms with Crippen LogP contribution in [0.2, 0.25) is 0 Å². The fourth-order valence-corrected chi connectivity index (χ4v) is 5.34. The SMILES string of the molecule is Cc1cc2c(cc1-c1cc(Cc3sc(=O)[nH]c3O)ccc1O)C(C)(C)CCC2(C)C. The molecule has 1 aliphatic carbocycles. The Hall–Kier alpha value is -2.53. The third kappa shape index (κ3) is 3.56. The van der Waals surface area contributed by atoms with E-state index in [1.54, 1.807) is 6.07 Å². The third-order valence-electron chi connectivity index (χ3n) is 6.61. The van der Waals surface area contributed by atoms with E-state index in [2.05, 4.69) is 51.7 Å². The molecule has 0 unspecified atom stereocenters. The van der Waals surface area contributed by atoms with Gasteiger partial charge in [-0.1, -0.05) is 51.2 Å². The standard InChI is InChI=1S/C25H29NO3S/c1-14-10-18-19(25(4,5)9-8-24(18,2)3)13-16(14)17-11-15(6-7-20(17)27)12-21-22(28)26-23(29)30-21/h6-7,10-11,13,27-28H,8-9,12H2,1-5H3,(H,26,29). The first kappa shape index (κ1) is 20.7. The van der Waals surface area contributed by atoms with Crippen LogP contribution in [0.1, 0.15) is 67.7 Å². The number of nitrogens with one attached hydrogen (secondary N) is 1. The van der Waals surface area contributed by atoms with Crippen LogP contribution in [-0.4, -0.2) is 15.2 Å². The van der Waals surface area contributed by atoms with E-state index >= 15 is 0 Å². The highest BCUT2D eigenvalue weighted by Gasteiger charge is 2.37. The summed E-state index contributed by atoms with van der Waals surface area (Å²) in [6.45, 7) is 11.3. The average molecular weight is 424 g/mol. The van der Waals surface area contributed by atoms with Crippen LogP contribution in [0.25, 0.3) is 11.1 Å². The average Bonchev–Trinajstić information content (AvgIpc) is 2.97. The Morgan fingerprint density at radius 1 is 0.967 bits per heavy atom. The summed E-state index contributed by atoms with van der Waals surface area (Å²) in [7, 11) is 0. The minimum absolute atomic E-state index is 0.0754. The maximum Gasteiger partial charge on any atom is 0.307 e. The number of rotatable bonds is 3. The van der Waals surface area contributed by atoms with Crippen molar-refractivity contribution >= 4 is 11.3 Å². The van der Waals surface area contributed by atoms with Crippen molar-refractivity contribution in [1.82, 2.24) is 4.98 Å². The lowest BCUT2D eigenvalue weighted by Crippen LogP contribution is -2.34. The molecule has 1 aromatic heterocycles. The second-order valence-electron chi connectivity index (χ2n) is 9.80. The van der Waals surface area contributed by atoms with Crippen LogP contribution in [0.5, 0.6) is 11.6 Å². The van der Waals surface area contributed by atoms with Gasteiger partial charge in [0.15, 0.2) is 0 Å². The molecule has 3 aromatic rings. The summed E-state index contributed by atoms with van der Waals surface area (Å²) in [5.41, 5.74) is 6.87. The number of phenolic OH excluding ortho intramolecular Hbond substituents is 1. The monoisotopic (exact) mass is 423 g/mol. The van der Waals surface area contributed by atoms with Crippen LogP contribution < -0.4 is 4.87 Å². The van der Waals surface area contributed by atoms with Crippen LogP contribution >= 0.6 is 11.3 Å². The van der Waals surface area contributed by atoms with Crippen molar-refractivity contribution in [3.05, 3.63) is 67.1 Å². The Labute approximate surface area is 181 Å². The highest BCUT2D eigenvalue weighted by atomic mass is 32.1.